The molecule has 2 aromatic rings. The number of para-hydroxylation sites is 1. The molecule has 2 rings (SSSR count). The van der Waals surface area contributed by atoms with E-state index in [4.69, 9.17) is 0 Å². The number of nitrogens with zero attached hydrogens (tertiary/aromatic N) is 1. The summed E-state index contributed by atoms with van der Waals surface area (Å²) in [6.45, 7) is 4.93. The van der Waals surface area contributed by atoms with E-state index < -0.39 is 0 Å². The number of amides is 1. The Morgan fingerprint density at radius 2 is 1.75 bits per heavy atom. The van der Waals surface area contributed by atoms with Gasteiger partial charge in [0.1, 0.15) is 0 Å². The number of hydrogen-bond acceptors (Lipinski definition) is 3. The molecule has 0 unspecified atom stereocenters. The van der Waals surface area contributed by atoms with E-state index in [9.17, 15) is 4.79 Å². The van der Waals surface area contributed by atoms with Crippen LogP contribution < -0.4 is 10.6 Å². The van der Waals surface area contributed by atoms with Gasteiger partial charge in [0.2, 0.25) is 5.91 Å². The molecule has 1 aromatic carbocycles. The van der Waals surface area contributed by atoms with Crippen LogP contribution in [-0.2, 0) is 11.3 Å². The average Bonchev–Trinajstić information content (AvgIpc) is 2.44. The minimum Gasteiger partial charge on any atom is -0.324 e. The van der Waals surface area contributed by atoms with E-state index in [1.165, 1.54) is 0 Å². The molecule has 0 aliphatic rings. The van der Waals surface area contributed by atoms with Gasteiger partial charge >= 0.3 is 0 Å². The number of hydrogen-bond donors (Lipinski definition) is 2. The van der Waals surface area contributed by atoms with Crippen LogP contribution in [0.5, 0.6) is 0 Å². The fourth-order valence-electron chi connectivity index (χ4n) is 2.02. The van der Waals surface area contributed by atoms with Crippen molar-refractivity contribution in [2.75, 3.05) is 11.9 Å². The Kier molecular flexibility index (Phi) is 4.85. The lowest BCUT2D eigenvalue weighted by Crippen LogP contribution is -2.28. The van der Waals surface area contributed by atoms with Gasteiger partial charge in [0.15, 0.2) is 0 Å². The summed E-state index contributed by atoms with van der Waals surface area (Å²) in [5.41, 5.74) is 4.17. The molecule has 0 saturated carbocycles. The first-order valence-electron chi connectivity index (χ1n) is 6.62. The summed E-state index contributed by atoms with van der Waals surface area (Å²) in [6, 6.07) is 9.83. The van der Waals surface area contributed by atoms with Gasteiger partial charge in [0.25, 0.3) is 0 Å². The molecule has 0 radical (unpaired) electrons. The molecule has 0 atom stereocenters. The van der Waals surface area contributed by atoms with Crippen molar-refractivity contribution in [3.63, 3.8) is 0 Å². The number of nitrogens with one attached hydrogen (secondary N) is 2. The summed E-state index contributed by atoms with van der Waals surface area (Å²) in [7, 11) is 0. The van der Waals surface area contributed by atoms with Crippen molar-refractivity contribution in [3.8, 4) is 0 Å². The van der Waals surface area contributed by atoms with Crippen molar-refractivity contribution >= 4 is 11.6 Å². The maximum atomic E-state index is 11.9. The zero-order valence-electron chi connectivity index (χ0n) is 11.8. The van der Waals surface area contributed by atoms with Crippen LogP contribution in [0.25, 0.3) is 0 Å². The fourth-order valence-corrected chi connectivity index (χ4v) is 2.02. The molecular formula is C16H19N3O. The number of carbonyl (C=O) groups is 1. The van der Waals surface area contributed by atoms with Crippen molar-refractivity contribution in [2.45, 2.75) is 20.4 Å². The van der Waals surface area contributed by atoms with Crippen LogP contribution >= 0.6 is 0 Å². The number of carbonyl (C=O) groups excluding carboxylic acids is 1. The topological polar surface area (TPSA) is 54.0 Å². The van der Waals surface area contributed by atoms with Crippen molar-refractivity contribution in [2.24, 2.45) is 0 Å². The molecule has 20 heavy (non-hydrogen) atoms. The van der Waals surface area contributed by atoms with Crippen LogP contribution in [0, 0.1) is 13.8 Å². The van der Waals surface area contributed by atoms with Crippen molar-refractivity contribution in [1.29, 1.82) is 0 Å². The molecule has 0 fully saturated rings. The average molecular weight is 269 g/mol. The number of aromatic nitrogens is 1. The van der Waals surface area contributed by atoms with E-state index in [0.29, 0.717) is 6.54 Å². The SMILES string of the molecule is Cc1cccc(C)c1NC(=O)CNCc1ccncc1. The highest BCUT2D eigenvalue weighted by Gasteiger charge is 2.06. The van der Waals surface area contributed by atoms with Crippen LogP contribution in [0.1, 0.15) is 16.7 Å². The first-order chi connectivity index (χ1) is 9.66. The molecule has 1 aromatic heterocycles. The molecule has 0 aliphatic heterocycles. The summed E-state index contributed by atoms with van der Waals surface area (Å²) < 4.78 is 0. The third-order valence-electron chi connectivity index (χ3n) is 3.11. The number of benzene rings is 1. The van der Waals surface area contributed by atoms with E-state index >= 15 is 0 Å². The van der Waals surface area contributed by atoms with Gasteiger partial charge in [-0.1, -0.05) is 18.2 Å². The van der Waals surface area contributed by atoms with Gasteiger partial charge in [0.05, 0.1) is 6.54 Å². The summed E-state index contributed by atoms with van der Waals surface area (Å²) in [5.74, 6) is -0.0311. The zero-order valence-corrected chi connectivity index (χ0v) is 11.8. The van der Waals surface area contributed by atoms with Gasteiger partial charge in [0, 0.05) is 24.6 Å². The Labute approximate surface area is 119 Å². The van der Waals surface area contributed by atoms with Gasteiger partial charge < -0.3 is 10.6 Å². The predicted molar refractivity (Wildman–Crippen MR) is 80.5 cm³/mol. The largest absolute Gasteiger partial charge is 0.324 e. The molecule has 4 heteroatoms. The second kappa shape index (κ2) is 6.82. The Hall–Kier alpha value is -2.20. The first-order valence-corrected chi connectivity index (χ1v) is 6.62. The standard InChI is InChI=1S/C16H19N3O/c1-12-4-3-5-13(2)16(12)19-15(20)11-18-10-14-6-8-17-9-7-14/h3-9,18H,10-11H2,1-2H3,(H,19,20). The maximum Gasteiger partial charge on any atom is 0.238 e. The lowest BCUT2D eigenvalue weighted by molar-refractivity contribution is -0.115. The molecule has 4 nitrogen and oxygen atoms in total. The zero-order chi connectivity index (χ0) is 14.4. The van der Waals surface area contributed by atoms with Crippen LogP contribution in [0.4, 0.5) is 5.69 Å². The predicted octanol–water partition coefficient (Wildman–Crippen LogP) is 2.43. The first kappa shape index (κ1) is 14.2. The van der Waals surface area contributed by atoms with E-state index in [1.54, 1.807) is 12.4 Å². The van der Waals surface area contributed by atoms with Gasteiger partial charge in [-0.05, 0) is 42.7 Å². The normalized spacial score (nSPS) is 10.3. The number of aryl methyl sites for hydroxylation is 2. The maximum absolute atomic E-state index is 11.9. The second-order valence-corrected chi connectivity index (χ2v) is 4.77. The monoisotopic (exact) mass is 269 g/mol. The minimum atomic E-state index is -0.0311. The van der Waals surface area contributed by atoms with Crippen molar-refractivity contribution < 1.29 is 4.79 Å². The van der Waals surface area contributed by atoms with Gasteiger partial charge in [-0.15, -0.1) is 0 Å². The van der Waals surface area contributed by atoms with Gasteiger partial charge in [-0.2, -0.15) is 0 Å². The second-order valence-electron chi connectivity index (χ2n) is 4.77. The summed E-state index contributed by atoms with van der Waals surface area (Å²) in [4.78, 5) is 15.9. The Morgan fingerprint density at radius 3 is 2.40 bits per heavy atom. The van der Waals surface area contributed by atoms with Crippen LogP contribution in [0.15, 0.2) is 42.7 Å². The van der Waals surface area contributed by atoms with Crippen molar-refractivity contribution in [1.82, 2.24) is 10.3 Å². The molecule has 0 bridgehead atoms. The summed E-state index contributed by atoms with van der Waals surface area (Å²) in [5, 5.41) is 6.07. The Balaban J connectivity index is 1.84. The van der Waals surface area contributed by atoms with E-state index in [1.807, 2.05) is 44.2 Å². The molecule has 2 N–H and O–H groups in total. The smallest absolute Gasteiger partial charge is 0.238 e. The summed E-state index contributed by atoms with van der Waals surface area (Å²) >= 11 is 0. The number of pyridine rings is 1. The Morgan fingerprint density at radius 1 is 1.10 bits per heavy atom. The highest BCUT2D eigenvalue weighted by Crippen LogP contribution is 2.18. The van der Waals surface area contributed by atoms with Crippen LogP contribution in [0.2, 0.25) is 0 Å². The Bertz CT molecular complexity index is 561. The molecule has 1 amide bonds. The summed E-state index contributed by atoms with van der Waals surface area (Å²) in [6.07, 6.45) is 3.49. The van der Waals surface area contributed by atoms with Gasteiger partial charge in [-0.25, -0.2) is 0 Å². The molecule has 0 aliphatic carbocycles. The van der Waals surface area contributed by atoms with Crippen molar-refractivity contribution in [3.05, 3.63) is 59.4 Å². The molecule has 104 valence electrons. The highest BCUT2D eigenvalue weighted by atomic mass is 16.1. The fraction of sp³-hybridized carbons (Fsp3) is 0.250. The minimum absolute atomic E-state index is 0.0311. The third-order valence-corrected chi connectivity index (χ3v) is 3.11. The highest BCUT2D eigenvalue weighted by molar-refractivity contribution is 5.93. The van der Waals surface area contributed by atoms with E-state index in [0.717, 1.165) is 22.4 Å². The number of rotatable bonds is 5. The van der Waals surface area contributed by atoms with E-state index in [-0.39, 0.29) is 12.5 Å². The van der Waals surface area contributed by atoms with Gasteiger partial charge in [-0.3, -0.25) is 9.78 Å². The molecule has 0 spiro atoms. The quantitative estimate of drug-likeness (QED) is 0.876. The molecule has 0 saturated heterocycles. The lowest BCUT2D eigenvalue weighted by atomic mass is 10.1. The van der Waals surface area contributed by atoms with Crippen LogP contribution in [-0.4, -0.2) is 17.4 Å². The lowest BCUT2D eigenvalue weighted by Gasteiger charge is -2.11. The number of anilines is 1. The van der Waals surface area contributed by atoms with E-state index in [2.05, 4.69) is 15.6 Å². The van der Waals surface area contributed by atoms with Crippen LogP contribution in [0.3, 0.4) is 0 Å². The molecule has 1 heterocycles. The third kappa shape index (κ3) is 3.90. The molecular weight excluding hydrogens is 250 g/mol.